The highest BCUT2D eigenvalue weighted by Crippen LogP contribution is 2.35. The smallest absolute Gasteiger partial charge is 0.283 e. The summed E-state index contributed by atoms with van der Waals surface area (Å²) in [6, 6.07) is 10.5. The van der Waals surface area contributed by atoms with Crippen molar-refractivity contribution in [3.05, 3.63) is 82.5 Å². The first-order chi connectivity index (χ1) is 15.4. The molecule has 1 aromatic carbocycles. The zero-order valence-electron chi connectivity index (χ0n) is 17.8. The van der Waals surface area contributed by atoms with Crippen molar-refractivity contribution < 1.29 is 9.18 Å². The Labute approximate surface area is 187 Å². The molecule has 0 aliphatic rings. The van der Waals surface area contributed by atoms with E-state index in [2.05, 4.69) is 15.5 Å². The highest BCUT2D eigenvalue weighted by Gasteiger charge is 2.22. The lowest BCUT2D eigenvalue weighted by molar-refractivity contribution is 0.0959. The number of hydrogen-bond acceptors (Lipinski definition) is 4. The molecule has 4 heterocycles. The molecular weight excluding hydrogens is 425 g/mol. The number of aromatic nitrogens is 3. The Balaban J connectivity index is 1.52. The second-order valence-electron chi connectivity index (χ2n) is 7.69. The summed E-state index contributed by atoms with van der Waals surface area (Å²) in [6.45, 7) is 3.97. The third kappa shape index (κ3) is 3.38. The first-order valence-electron chi connectivity index (χ1n) is 10.0. The van der Waals surface area contributed by atoms with Crippen molar-refractivity contribution in [1.82, 2.24) is 19.5 Å². The lowest BCUT2D eigenvalue weighted by atomic mass is 10.1. The molecule has 5 aromatic rings. The number of halogens is 1. The second kappa shape index (κ2) is 7.72. The number of pyridine rings is 1. The minimum atomic E-state index is -0.323. The zero-order valence-corrected chi connectivity index (χ0v) is 18.6. The molecule has 1 N–H and O–H groups in total. The van der Waals surface area contributed by atoms with Gasteiger partial charge in [0.05, 0.1) is 11.9 Å². The van der Waals surface area contributed by atoms with E-state index in [9.17, 15) is 9.18 Å². The number of thiophene rings is 1. The van der Waals surface area contributed by atoms with Crippen LogP contribution in [0.3, 0.4) is 0 Å². The molecule has 0 spiro atoms. The maximum absolute atomic E-state index is 13.7. The lowest BCUT2D eigenvalue weighted by Gasteiger charge is -2.07. The van der Waals surface area contributed by atoms with Crippen LogP contribution >= 0.6 is 11.3 Å². The Morgan fingerprint density at radius 1 is 1.22 bits per heavy atom. The predicted octanol–water partition coefficient (Wildman–Crippen LogP) is 5.10. The van der Waals surface area contributed by atoms with Gasteiger partial charge in [0.1, 0.15) is 15.5 Å². The third-order valence-corrected chi connectivity index (χ3v) is 6.45. The highest BCUT2D eigenvalue weighted by molar-refractivity contribution is 7.21. The molecule has 5 rings (SSSR count). The van der Waals surface area contributed by atoms with Gasteiger partial charge in [0.2, 0.25) is 0 Å². The van der Waals surface area contributed by atoms with Gasteiger partial charge in [-0.15, -0.1) is 11.3 Å². The van der Waals surface area contributed by atoms with Crippen LogP contribution in [0.25, 0.3) is 26.8 Å². The largest absolute Gasteiger partial charge is 0.350 e. The van der Waals surface area contributed by atoms with Gasteiger partial charge < -0.3 is 9.13 Å². The molecule has 6 nitrogen and oxygen atoms in total. The SMILES string of the molecule is Cc1cc(C)c2c(-n3cccc3)c(C(=O)NN=Cc3cn(C)c4ccc(F)cc34)sc2n1. The Hall–Kier alpha value is -3.78. The van der Waals surface area contributed by atoms with Crippen molar-refractivity contribution in [1.29, 1.82) is 0 Å². The van der Waals surface area contributed by atoms with Crippen molar-refractivity contribution in [3.63, 3.8) is 0 Å². The molecular formula is C24H20FN5OS. The highest BCUT2D eigenvalue weighted by atomic mass is 32.1. The number of aryl methyl sites for hydroxylation is 3. The Morgan fingerprint density at radius 3 is 2.78 bits per heavy atom. The summed E-state index contributed by atoms with van der Waals surface area (Å²) >= 11 is 1.34. The quantitative estimate of drug-likeness (QED) is 0.309. The molecule has 1 amide bonds. The molecule has 4 aromatic heterocycles. The molecule has 0 saturated heterocycles. The number of benzene rings is 1. The van der Waals surface area contributed by atoms with Crippen LogP contribution in [0.15, 0.2) is 60.1 Å². The minimum Gasteiger partial charge on any atom is -0.350 e. The summed E-state index contributed by atoms with van der Waals surface area (Å²) < 4.78 is 17.5. The number of fused-ring (bicyclic) bond motifs is 2. The van der Waals surface area contributed by atoms with Gasteiger partial charge in [-0.05, 0) is 55.8 Å². The molecule has 0 saturated carbocycles. The minimum absolute atomic E-state index is 0.317. The van der Waals surface area contributed by atoms with Crippen molar-refractivity contribution in [2.75, 3.05) is 0 Å². The number of nitrogens with zero attached hydrogens (tertiary/aromatic N) is 4. The normalized spacial score (nSPS) is 11.8. The number of hydrazone groups is 1. The molecule has 0 aliphatic heterocycles. The van der Waals surface area contributed by atoms with E-state index in [4.69, 9.17) is 0 Å². The number of rotatable bonds is 4. The lowest BCUT2D eigenvalue weighted by Crippen LogP contribution is -2.18. The van der Waals surface area contributed by atoms with Gasteiger partial charge in [-0.25, -0.2) is 14.8 Å². The van der Waals surface area contributed by atoms with Gasteiger partial charge in [0.15, 0.2) is 0 Å². The van der Waals surface area contributed by atoms with Crippen molar-refractivity contribution >= 4 is 44.6 Å². The average Bonchev–Trinajstić information content (AvgIpc) is 3.46. The van der Waals surface area contributed by atoms with Crippen LogP contribution in [0.4, 0.5) is 4.39 Å². The molecule has 0 atom stereocenters. The fourth-order valence-electron chi connectivity index (χ4n) is 4.02. The number of amides is 1. The number of nitrogens with one attached hydrogen (secondary N) is 1. The van der Waals surface area contributed by atoms with Gasteiger partial charge >= 0.3 is 0 Å². The summed E-state index contributed by atoms with van der Waals surface area (Å²) in [5, 5.41) is 5.85. The maximum Gasteiger partial charge on any atom is 0.283 e. The Morgan fingerprint density at radius 2 is 2.00 bits per heavy atom. The number of carbonyl (C=O) groups is 1. The summed E-state index contributed by atoms with van der Waals surface area (Å²) in [5.74, 6) is -0.640. The van der Waals surface area contributed by atoms with Crippen LogP contribution in [0, 0.1) is 19.7 Å². The Bertz CT molecular complexity index is 1510. The summed E-state index contributed by atoms with van der Waals surface area (Å²) in [4.78, 5) is 19.1. The van der Waals surface area contributed by atoms with Gasteiger partial charge in [-0.1, -0.05) is 0 Å². The van der Waals surface area contributed by atoms with Crippen LogP contribution in [0.1, 0.15) is 26.5 Å². The van der Waals surface area contributed by atoms with E-state index in [1.165, 1.54) is 29.7 Å². The van der Waals surface area contributed by atoms with Crippen LogP contribution in [-0.4, -0.2) is 26.2 Å². The molecule has 0 aliphatic carbocycles. The number of hydrogen-bond donors (Lipinski definition) is 1. The van der Waals surface area contributed by atoms with Gasteiger partial charge in [0, 0.05) is 53.2 Å². The fourth-order valence-corrected chi connectivity index (χ4v) is 5.20. The van der Waals surface area contributed by atoms with Gasteiger partial charge in [-0.3, -0.25) is 4.79 Å². The monoisotopic (exact) mass is 445 g/mol. The molecule has 160 valence electrons. The topological polar surface area (TPSA) is 64.2 Å². The van der Waals surface area contributed by atoms with Crippen LogP contribution in [-0.2, 0) is 7.05 Å². The fraction of sp³-hybridized carbons (Fsp3) is 0.125. The summed E-state index contributed by atoms with van der Waals surface area (Å²) in [5.41, 5.74) is 7.00. The van der Waals surface area contributed by atoms with E-state index in [0.717, 1.165) is 43.6 Å². The molecule has 0 fully saturated rings. The van der Waals surface area contributed by atoms with E-state index in [0.29, 0.717) is 4.88 Å². The zero-order chi connectivity index (χ0) is 22.4. The van der Waals surface area contributed by atoms with E-state index >= 15 is 0 Å². The maximum atomic E-state index is 13.7. The third-order valence-electron chi connectivity index (χ3n) is 5.38. The molecule has 0 radical (unpaired) electrons. The molecule has 8 heteroatoms. The second-order valence-corrected chi connectivity index (χ2v) is 8.69. The number of carbonyl (C=O) groups excluding carboxylic acids is 1. The van der Waals surface area contributed by atoms with Crippen LogP contribution in [0.2, 0.25) is 0 Å². The van der Waals surface area contributed by atoms with E-state index in [-0.39, 0.29) is 11.7 Å². The predicted molar refractivity (Wildman–Crippen MR) is 126 cm³/mol. The first kappa shape index (κ1) is 20.1. The molecule has 0 bridgehead atoms. The first-order valence-corrected chi connectivity index (χ1v) is 10.9. The van der Waals surface area contributed by atoms with E-state index < -0.39 is 0 Å². The standard InChI is InChI=1S/C24H20FN5OS/c1-14-10-15(2)27-24-20(14)21(30-8-4-5-9-30)22(32-24)23(31)28-26-12-16-13-29(3)19-7-6-17(25)11-18(16)19/h4-13H,1-3H3,(H,28,31). The summed E-state index contributed by atoms with van der Waals surface area (Å²) in [6.07, 6.45) is 7.20. The van der Waals surface area contributed by atoms with Gasteiger partial charge in [-0.2, -0.15) is 5.10 Å². The van der Waals surface area contributed by atoms with Gasteiger partial charge in [0.25, 0.3) is 5.91 Å². The van der Waals surface area contributed by atoms with Crippen LogP contribution < -0.4 is 5.43 Å². The van der Waals surface area contributed by atoms with Crippen molar-refractivity contribution in [3.8, 4) is 5.69 Å². The summed E-state index contributed by atoms with van der Waals surface area (Å²) in [7, 11) is 1.88. The van der Waals surface area contributed by atoms with Crippen LogP contribution in [0.5, 0.6) is 0 Å². The average molecular weight is 446 g/mol. The van der Waals surface area contributed by atoms with E-state index in [1.54, 1.807) is 6.07 Å². The molecule has 32 heavy (non-hydrogen) atoms. The van der Waals surface area contributed by atoms with E-state index in [1.807, 2.05) is 66.8 Å². The van der Waals surface area contributed by atoms with Crippen molar-refractivity contribution in [2.24, 2.45) is 12.1 Å². The van der Waals surface area contributed by atoms with Crippen molar-refractivity contribution in [2.45, 2.75) is 13.8 Å². The molecule has 0 unspecified atom stereocenters. The Kier molecular flexibility index (Phi) is 4.86.